The fourth-order valence-corrected chi connectivity index (χ4v) is 5.40. The Balaban J connectivity index is 1.81. The van der Waals surface area contributed by atoms with Gasteiger partial charge in [0.1, 0.15) is 23.3 Å². The lowest BCUT2D eigenvalue weighted by Crippen LogP contribution is -2.58. The molecule has 3 aromatic rings. The number of carbonyl (C=O) groups excluding carboxylic acids is 1. The molecule has 5 nitrogen and oxygen atoms in total. The molecule has 1 aromatic heterocycles. The topological polar surface area (TPSA) is 60.7 Å². The quantitative estimate of drug-likeness (QED) is 0.654. The maximum absolute atomic E-state index is 13.6. The van der Waals surface area contributed by atoms with E-state index in [0.717, 1.165) is 5.56 Å². The molecule has 3 heterocycles. The highest BCUT2D eigenvalue weighted by Crippen LogP contribution is 2.47. The molecule has 2 aliphatic rings. The Hall–Kier alpha value is -3.06. The average molecular weight is 408 g/mol. The molecule has 2 aliphatic heterocycles. The Bertz CT molecular complexity index is 1340. The van der Waals surface area contributed by atoms with Crippen molar-refractivity contribution >= 4 is 23.2 Å². The summed E-state index contributed by atoms with van der Waals surface area (Å²) in [6.07, 6.45) is 1.65. The van der Waals surface area contributed by atoms with E-state index >= 15 is 0 Å². The van der Waals surface area contributed by atoms with E-state index in [1.165, 1.54) is 30.4 Å². The first kappa shape index (κ1) is 18.0. The number of halogens is 1. The number of nitrogens with zero attached hydrogens (tertiary/aromatic N) is 2. The molecule has 7 heteroatoms. The second-order valence-electron chi connectivity index (χ2n) is 7.46. The van der Waals surface area contributed by atoms with E-state index in [0.29, 0.717) is 20.6 Å². The van der Waals surface area contributed by atoms with Gasteiger partial charge in [0.05, 0.1) is 10.6 Å². The molecular formula is C22H17FN2O3S. The van der Waals surface area contributed by atoms with Gasteiger partial charge in [0.2, 0.25) is 5.72 Å². The van der Waals surface area contributed by atoms with Gasteiger partial charge in [-0.05, 0) is 43.7 Å². The summed E-state index contributed by atoms with van der Waals surface area (Å²) in [6.45, 7) is 3.29. The molecule has 0 radical (unpaired) electrons. The van der Waals surface area contributed by atoms with E-state index in [4.69, 9.17) is 4.74 Å². The molecule has 2 bridgehead atoms. The van der Waals surface area contributed by atoms with Crippen molar-refractivity contribution in [1.29, 1.82) is 0 Å². The van der Waals surface area contributed by atoms with Gasteiger partial charge in [-0.15, -0.1) is 0 Å². The molecule has 2 aromatic carbocycles. The van der Waals surface area contributed by atoms with Gasteiger partial charge in [0.25, 0.3) is 5.56 Å². The molecule has 5 rings (SSSR count). The second-order valence-corrected chi connectivity index (χ2v) is 8.47. The average Bonchev–Trinajstić information content (AvgIpc) is 2.94. The maximum atomic E-state index is 13.6. The Kier molecular flexibility index (Phi) is 3.86. The number of rotatable bonds is 2. The van der Waals surface area contributed by atoms with Gasteiger partial charge >= 0.3 is 0 Å². The molecule has 0 fully saturated rings. The van der Waals surface area contributed by atoms with Crippen LogP contribution in [-0.2, 0) is 4.79 Å². The van der Waals surface area contributed by atoms with Gasteiger partial charge in [-0.2, -0.15) is 0 Å². The number of benzene rings is 2. The molecule has 0 saturated carbocycles. The van der Waals surface area contributed by atoms with Gasteiger partial charge in [0.15, 0.2) is 4.80 Å². The minimum Gasteiger partial charge on any atom is -0.465 e. The van der Waals surface area contributed by atoms with Crippen LogP contribution in [0, 0.1) is 11.7 Å². The van der Waals surface area contributed by atoms with E-state index in [-0.39, 0.29) is 17.2 Å². The van der Waals surface area contributed by atoms with Crippen LogP contribution < -0.4 is 19.6 Å². The molecular weight excluding hydrogens is 391 g/mol. The fourth-order valence-electron chi connectivity index (χ4n) is 4.30. The number of fused-ring (bicyclic) bond motifs is 6. The third kappa shape index (κ3) is 2.68. The van der Waals surface area contributed by atoms with Crippen LogP contribution in [0.25, 0.3) is 6.08 Å². The van der Waals surface area contributed by atoms with Crippen molar-refractivity contribution in [2.75, 3.05) is 0 Å². The van der Waals surface area contributed by atoms with Crippen LogP contribution in [0.2, 0.25) is 0 Å². The van der Waals surface area contributed by atoms with E-state index < -0.39 is 17.7 Å². The van der Waals surface area contributed by atoms with Crippen LogP contribution >= 0.6 is 11.3 Å². The van der Waals surface area contributed by atoms with Crippen molar-refractivity contribution in [3.05, 3.63) is 85.2 Å². The van der Waals surface area contributed by atoms with Crippen LogP contribution in [0.15, 0.2) is 58.3 Å². The van der Waals surface area contributed by atoms with Crippen LogP contribution in [0.1, 0.15) is 31.0 Å². The lowest BCUT2D eigenvalue weighted by Gasteiger charge is -2.45. The first-order valence-electron chi connectivity index (χ1n) is 9.24. The molecule has 0 unspecified atom stereocenters. The van der Waals surface area contributed by atoms with Crippen LogP contribution in [-0.4, -0.2) is 16.1 Å². The normalized spacial score (nSPS) is 24.9. The molecule has 0 amide bonds. The van der Waals surface area contributed by atoms with Crippen molar-refractivity contribution in [2.24, 2.45) is 10.9 Å². The molecule has 3 atom stereocenters. The van der Waals surface area contributed by atoms with Crippen molar-refractivity contribution < 1.29 is 13.9 Å². The standard InChI is InChI=1S/C22H17FN2O3S/c1-12(26)18-19-15-8-3-4-9-16(15)28-22(18,2)24-21-25(19)20(27)17(29-21)11-13-6-5-7-14(23)10-13/h3-11,18-19H,1-2H3/b17-11-/t18-,19-,22-/m0/s1. The highest BCUT2D eigenvalue weighted by Gasteiger charge is 2.53. The first-order valence-corrected chi connectivity index (χ1v) is 10.1. The smallest absolute Gasteiger partial charge is 0.270 e. The van der Waals surface area contributed by atoms with Gasteiger partial charge in [0, 0.05) is 5.56 Å². The van der Waals surface area contributed by atoms with Crippen LogP contribution in [0.4, 0.5) is 4.39 Å². The molecule has 0 spiro atoms. The van der Waals surface area contributed by atoms with E-state index in [1.54, 1.807) is 29.7 Å². The minimum absolute atomic E-state index is 0.0878. The first-order chi connectivity index (χ1) is 13.9. The fraction of sp³-hybridized carbons (Fsp3) is 0.227. The largest absolute Gasteiger partial charge is 0.465 e. The monoisotopic (exact) mass is 408 g/mol. The number of aromatic nitrogens is 1. The minimum atomic E-state index is -1.09. The number of thiazole rings is 1. The summed E-state index contributed by atoms with van der Waals surface area (Å²) in [4.78, 5) is 31.1. The van der Waals surface area contributed by atoms with E-state index in [1.807, 2.05) is 24.3 Å². The van der Waals surface area contributed by atoms with Crippen LogP contribution in [0.5, 0.6) is 5.75 Å². The van der Waals surface area contributed by atoms with Crippen molar-refractivity contribution in [1.82, 2.24) is 4.57 Å². The van der Waals surface area contributed by atoms with E-state index in [9.17, 15) is 14.0 Å². The second kappa shape index (κ2) is 6.22. The lowest BCUT2D eigenvalue weighted by atomic mass is 9.79. The van der Waals surface area contributed by atoms with E-state index in [2.05, 4.69) is 4.99 Å². The Morgan fingerprint density at radius 2 is 2.07 bits per heavy atom. The summed E-state index contributed by atoms with van der Waals surface area (Å²) in [5, 5.41) is 0. The molecule has 146 valence electrons. The third-order valence-corrected chi connectivity index (χ3v) is 6.45. The lowest BCUT2D eigenvalue weighted by molar-refractivity contribution is -0.132. The number of Topliss-reactive ketones (excluding diaryl/α,β-unsaturated/α-hetero) is 1. The van der Waals surface area contributed by atoms with Crippen molar-refractivity contribution in [3.8, 4) is 5.75 Å². The molecule has 0 N–H and O–H groups in total. The van der Waals surface area contributed by atoms with Gasteiger partial charge in [-0.3, -0.25) is 14.2 Å². The zero-order valence-electron chi connectivity index (χ0n) is 15.8. The predicted octanol–water partition coefficient (Wildman–Crippen LogP) is 2.41. The molecule has 29 heavy (non-hydrogen) atoms. The Morgan fingerprint density at radius 1 is 1.28 bits per heavy atom. The number of hydrogen-bond acceptors (Lipinski definition) is 5. The number of hydrogen-bond donors (Lipinski definition) is 0. The van der Waals surface area contributed by atoms with Crippen LogP contribution in [0.3, 0.4) is 0 Å². The van der Waals surface area contributed by atoms with Gasteiger partial charge in [-0.25, -0.2) is 9.38 Å². The summed E-state index contributed by atoms with van der Waals surface area (Å²) in [6, 6.07) is 13.0. The number of ketones is 1. The number of ether oxygens (including phenoxy) is 1. The third-order valence-electron chi connectivity index (χ3n) is 5.46. The summed E-state index contributed by atoms with van der Waals surface area (Å²) < 4.78 is 21.7. The Labute approximate surface area is 169 Å². The van der Waals surface area contributed by atoms with Gasteiger partial charge < -0.3 is 4.74 Å². The summed E-state index contributed by atoms with van der Waals surface area (Å²) in [5.41, 5.74) is 0.0555. The zero-order valence-corrected chi connectivity index (χ0v) is 16.6. The predicted molar refractivity (Wildman–Crippen MR) is 107 cm³/mol. The SMILES string of the molecule is CC(=O)[C@H]1[C@@H]2c3ccccc3O[C@]1(C)N=c1s/c(=C\c3cccc(F)c3)c(=O)n12. The highest BCUT2D eigenvalue weighted by atomic mass is 32.1. The van der Waals surface area contributed by atoms with Gasteiger partial charge in [-0.1, -0.05) is 41.7 Å². The molecule has 0 saturated heterocycles. The van der Waals surface area contributed by atoms with Crippen molar-refractivity contribution in [2.45, 2.75) is 25.6 Å². The number of carbonyl (C=O) groups is 1. The molecule has 0 aliphatic carbocycles. The number of para-hydroxylation sites is 1. The highest BCUT2D eigenvalue weighted by molar-refractivity contribution is 7.07. The summed E-state index contributed by atoms with van der Waals surface area (Å²) in [5.74, 6) is -0.442. The summed E-state index contributed by atoms with van der Waals surface area (Å²) >= 11 is 1.22. The van der Waals surface area contributed by atoms with Crippen molar-refractivity contribution in [3.63, 3.8) is 0 Å². The summed E-state index contributed by atoms with van der Waals surface area (Å²) in [7, 11) is 0. The Morgan fingerprint density at radius 3 is 2.83 bits per heavy atom. The zero-order chi connectivity index (χ0) is 20.3. The maximum Gasteiger partial charge on any atom is 0.270 e.